The molecule has 0 saturated heterocycles. The lowest BCUT2D eigenvalue weighted by Crippen LogP contribution is -2.24. The van der Waals surface area contributed by atoms with E-state index in [9.17, 15) is 23.9 Å². The van der Waals surface area contributed by atoms with Crippen molar-refractivity contribution in [2.75, 3.05) is 10.6 Å². The number of hydrogen-bond acceptors (Lipinski definition) is 6. The molecule has 2 aromatic carbocycles. The molecule has 0 atom stereocenters. The number of pyridine rings is 1. The van der Waals surface area contributed by atoms with E-state index in [1.165, 1.54) is 54.7 Å². The predicted molar refractivity (Wildman–Crippen MR) is 130 cm³/mol. The number of benzene rings is 2. The monoisotopic (exact) mass is 490 g/mol. The van der Waals surface area contributed by atoms with Gasteiger partial charge in [0.1, 0.15) is 28.9 Å². The molecule has 1 aromatic heterocycles. The lowest BCUT2D eigenvalue weighted by atomic mass is 10.0. The van der Waals surface area contributed by atoms with Crippen molar-refractivity contribution in [3.63, 3.8) is 0 Å². The molecule has 1 heterocycles. The maximum absolute atomic E-state index is 13.5. The van der Waals surface area contributed by atoms with E-state index in [0.29, 0.717) is 16.9 Å². The van der Waals surface area contributed by atoms with E-state index in [1.807, 2.05) is 26.8 Å². The van der Waals surface area contributed by atoms with Gasteiger partial charge in [-0.05, 0) is 56.7 Å². The largest absolute Gasteiger partial charge is 0.487 e. The van der Waals surface area contributed by atoms with Crippen molar-refractivity contribution in [1.82, 2.24) is 4.98 Å². The molecular weight excluding hydrogens is 467 g/mol. The van der Waals surface area contributed by atoms with E-state index >= 15 is 0 Å². The van der Waals surface area contributed by atoms with E-state index in [4.69, 9.17) is 10.00 Å². The Hall–Kier alpha value is -4.78. The minimum absolute atomic E-state index is 0.0177. The Morgan fingerprint density at radius 2 is 1.72 bits per heavy atom. The number of carboxylic acid groups (broad SMARTS) is 1. The number of nitrogens with zero attached hydrogens (tertiary/aromatic N) is 2. The van der Waals surface area contributed by atoms with E-state index in [0.717, 1.165) is 0 Å². The van der Waals surface area contributed by atoms with Crippen LogP contribution in [-0.2, 0) is 4.79 Å². The Kier molecular flexibility index (Phi) is 7.64. The number of hydrogen-bond donors (Lipinski definition) is 3. The topological polar surface area (TPSA) is 141 Å². The van der Waals surface area contributed by atoms with Gasteiger partial charge in [-0.15, -0.1) is 0 Å². The number of halogens is 1. The number of carbonyl (C=O) groups is 3. The minimum Gasteiger partial charge on any atom is -0.487 e. The van der Waals surface area contributed by atoms with Crippen LogP contribution in [0.2, 0.25) is 0 Å². The quantitative estimate of drug-likeness (QED) is 0.304. The van der Waals surface area contributed by atoms with Gasteiger partial charge in [-0.1, -0.05) is 12.1 Å². The van der Waals surface area contributed by atoms with Crippen LogP contribution in [0.3, 0.4) is 0 Å². The average Bonchev–Trinajstić information content (AvgIpc) is 2.80. The first-order valence-electron chi connectivity index (χ1n) is 10.8. The maximum Gasteiger partial charge on any atom is 0.409 e. The Morgan fingerprint density at radius 3 is 2.33 bits per heavy atom. The number of nitriles is 1. The molecule has 3 aromatic rings. The van der Waals surface area contributed by atoms with Gasteiger partial charge >= 0.3 is 6.09 Å². The van der Waals surface area contributed by atoms with Gasteiger partial charge in [-0.25, -0.2) is 14.2 Å². The molecular formula is C26H23FN4O5. The third-order valence-electron chi connectivity index (χ3n) is 4.72. The number of ketones is 1. The van der Waals surface area contributed by atoms with Gasteiger partial charge in [0.25, 0.3) is 0 Å². The molecule has 36 heavy (non-hydrogen) atoms. The van der Waals surface area contributed by atoms with E-state index < -0.39 is 35.6 Å². The molecule has 0 fully saturated rings. The number of amides is 2. The van der Waals surface area contributed by atoms with Crippen molar-refractivity contribution < 1.29 is 28.6 Å². The molecule has 0 aliphatic carbocycles. The lowest BCUT2D eigenvalue weighted by Gasteiger charge is -2.25. The summed E-state index contributed by atoms with van der Waals surface area (Å²) in [5.74, 6) is -1.40. The first-order valence-corrected chi connectivity index (χ1v) is 10.8. The lowest BCUT2D eigenvalue weighted by molar-refractivity contribution is -0.115. The molecule has 0 bridgehead atoms. The van der Waals surface area contributed by atoms with Gasteiger partial charge < -0.3 is 15.2 Å². The fourth-order valence-electron chi connectivity index (χ4n) is 3.28. The number of rotatable bonds is 7. The van der Waals surface area contributed by atoms with Crippen molar-refractivity contribution in [1.29, 1.82) is 5.26 Å². The zero-order valence-electron chi connectivity index (χ0n) is 19.8. The molecule has 3 rings (SSSR count). The van der Waals surface area contributed by atoms with Crippen LogP contribution in [0.25, 0.3) is 11.1 Å². The van der Waals surface area contributed by atoms with Gasteiger partial charge in [-0.2, -0.15) is 5.26 Å². The zero-order valence-corrected chi connectivity index (χ0v) is 19.8. The SMILES string of the molecule is CC(C)(C)Oc1cc(NC(=O)O)c(NC(=O)CC(=O)c2ccnc(C#N)c2)cc1-c1ccc(F)cc1. The Balaban J connectivity index is 1.99. The predicted octanol–water partition coefficient (Wildman–Crippen LogP) is 5.24. The molecule has 0 saturated carbocycles. The Morgan fingerprint density at radius 1 is 1.06 bits per heavy atom. The summed E-state index contributed by atoms with van der Waals surface area (Å²) >= 11 is 0. The highest BCUT2D eigenvalue weighted by molar-refractivity contribution is 6.12. The van der Waals surface area contributed by atoms with Crippen molar-refractivity contribution in [2.24, 2.45) is 0 Å². The van der Waals surface area contributed by atoms with Crippen molar-refractivity contribution in [3.8, 4) is 22.9 Å². The molecule has 3 N–H and O–H groups in total. The van der Waals surface area contributed by atoms with Crippen molar-refractivity contribution >= 4 is 29.2 Å². The van der Waals surface area contributed by atoms with Gasteiger partial charge in [0, 0.05) is 23.4 Å². The maximum atomic E-state index is 13.5. The number of anilines is 2. The van der Waals surface area contributed by atoms with Gasteiger partial charge in [0.2, 0.25) is 5.91 Å². The minimum atomic E-state index is -1.38. The second-order valence-corrected chi connectivity index (χ2v) is 8.74. The number of nitrogens with one attached hydrogen (secondary N) is 2. The third kappa shape index (κ3) is 6.87. The second-order valence-electron chi connectivity index (χ2n) is 8.74. The summed E-state index contributed by atoms with van der Waals surface area (Å²) in [6, 6.07) is 13.0. The highest BCUT2D eigenvalue weighted by atomic mass is 19.1. The van der Waals surface area contributed by atoms with E-state index in [2.05, 4.69) is 15.6 Å². The average molecular weight is 490 g/mol. The Bertz CT molecular complexity index is 1360. The molecule has 9 nitrogen and oxygen atoms in total. The van der Waals surface area contributed by atoms with E-state index in [-0.39, 0.29) is 22.6 Å². The van der Waals surface area contributed by atoms with Crippen molar-refractivity contribution in [3.05, 3.63) is 71.8 Å². The zero-order chi connectivity index (χ0) is 26.5. The van der Waals surface area contributed by atoms with E-state index in [1.54, 1.807) is 0 Å². The van der Waals surface area contributed by atoms with Crippen LogP contribution < -0.4 is 15.4 Å². The van der Waals surface area contributed by atoms with Gasteiger partial charge in [-0.3, -0.25) is 14.9 Å². The normalized spacial score (nSPS) is 10.8. The summed E-state index contributed by atoms with van der Waals surface area (Å²) in [6.07, 6.45) is -0.645. The molecule has 0 aliphatic heterocycles. The third-order valence-corrected chi connectivity index (χ3v) is 4.72. The Labute approximate surface area is 206 Å². The summed E-state index contributed by atoms with van der Waals surface area (Å²) < 4.78 is 19.5. The first-order chi connectivity index (χ1) is 16.9. The van der Waals surface area contributed by atoms with Gasteiger partial charge in [0.05, 0.1) is 17.8 Å². The number of ether oxygens (including phenoxy) is 1. The summed E-state index contributed by atoms with van der Waals surface area (Å²) in [4.78, 5) is 40.5. The molecule has 0 unspecified atom stereocenters. The highest BCUT2D eigenvalue weighted by Gasteiger charge is 2.21. The van der Waals surface area contributed by atoms with Crippen LogP contribution in [0.5, 0.6) is 5.75 Å². The summed E-state index contributed by atoms with van der Waals surface area (Å²) in [5, 5.41) is 23.1. The van der Waals surface area contributed by atoms with Crippen LogP contribution in [0.1, 0.15) is 43.2 Å². The molecule has 184 valence electrons. The molecule has 2 amide bonds. The number of aromatic nitrogens is 1. The van der Waals surface area contributed by atoms with Crippen LogP contribution in [0, 0.1) is 17.1 Å². The summed E-state index contributed by atoms with van der Waals surface area (Å²) in [7, 11) is 0. The fourth-order valence-corrected chi connectivity index (χ4v) is 3.28. The molecule has 0 spiro atoms. The number of Topliss-reactive ketones (excluding diaryl/α,β-unsaturated/α-hetero) is 1. The van der Waals surface area contributed by atoms with Crippen LogP contribution in [-0.4, -0.2) is 33.5 Å². The van der Waals surface area contributed by atoms with Crippen LogP contribution in [0.4, 0.5) is 20.6 Å². The number of carbonyl (C=O) groups excluding carboxylic acids is 2. The van der Waals surface area contributed by atoms with Crippen molar-refractivity contribution in [2.45, 2.75) is 32.8 Å². The summed E-state index contributed by atoms with van der Waals surface area (Å²) in [6.45, 7) is 5.43. The standard InChI is InChI=1S/C26H23FN4O5/c1-26(2,3)36-23-12-21(31-25(34)35)20(11-19(23)15-4-6-17(27)7-5-15)30-24(33)13-22(32)16-8-9-29-18(10-16)14-28/h4-12,31H,13H2,1-3H3,(H,30,33)(H,34,35). The summed E-state index contributed by atoms with van der Waals surface area (Å²) in [5.41, 5.74) is 0.640. The smallest absolute Gasteiger partial charge is 0.409 e. The fraction of sp³-hybridized carbons (Fsp3) is 0.192. The molecule has 0 aliphatic rings. The van der Waals surface area contributed by atoms with Crippen LogP contribution in [0.15, 0.2) is 54.7 Å². The first kappa shape index (κ1) is 25.8. The molecule has 0 radical (unpaired) electrons. The highest BCUT2D eigenvalue weighted by Crippen LogP contribution is 2.39. The van der Waals surface area contributed by atoms with Crippen LogP contribution >= 0.6 is 0 Å². The molecule has 10 heteroatoms. The van der Waals surface area contributed by atoms with Gasteiger partial charge in [0.15, 0.2) is 5.78 Å². The second kappa shape index (κ2) is 10.7.